The van der Waals surface area contributed by atoms with Crippen LogP contribution in [0.3, 0.4) is 0 Å². The van der Waals surface area contributed by atoms with Crippen LogP contribution < -0.4 is 10.1 Å². The molecule has 0 spiro atoms. The Labute approximate surface area is 160 Å². The van der Waals surface area contributed by atoms with Gasteiger partial charge in [-0.2, -0.15) is 8.78 Å². The number of ether oxygens (including phenoxy) is 2. The number of carbonyl (C=O) groups excluding carboxylic acids is 2. The van der Waals surface area contributed by atoms with E-state index in [0.717, 1.165) is 12.8 Å². The third kappa shape index (κ3) is 5.24. The van der Waals surface area contributed by atoms with E-state index in [1.807, 2.05) is 0 Å². The van der Waals surface area contributed by atoms with Crippen LogP contribution in [0.1, 0.15) is 30.1 Å². The van der Waals surface area contributed by atoms with Gasteiger partial charge >= 0.3 is 12.6 Å². The Kier molecular flexibility index (Phi) is 6.95. The Morgan fingerprint density at radius 1 is 1.36 bits per heavy atom. The largest absolute Gasteiger partial charge is 0.462 e. The number of esters is 1. The third-order valence-electron chi connectivity index (χ3n) is 3.28. The number of alkyl halides is 2. The lowest BCUT2D eigenvalue weighted by molar-refractivity contribution is -0.138. The van der Waals surface area contributed by atoms with Crippen LogP contribution in [0.15, 0.2) is 32.9 Å². The van der Waals surface area contributed by atoms with Crippen LogP contribution >= 0.6 is 31.9 Å². The fourth-order valence-electron chi connectivity index (χ4n) is 1.93. The van der Waals surface area contributed by atoms with E-state index in [9.17, 15) is 18.4 Å². The number of nitrogens with one attached hydrogen (secondary N) is 1. The summed E-state index contributed by atoms with van der Waals surface area (Å²) in [5.74, 6) is -1.67. The predicted molar refractivity (Wildman–Crippen MR) is 93.7 cm³/mol. The zero-order valence-electron chi connectivity index (χ0n) is 13.2. The molecular weight excluding hydrogens is 468 g/mol. The van der Waals surface area contributed by atoms with Crippen molar-refractivity contribution in [1.82, 2.24) is 5.32 Å². The zero-order valence-corrected chi connectivity index (χ0v) is 16.3. The molecule has 0 heterocycles. The highest BCUT2D eigenvalue weighted by Gasteiger charge is 2.27. The van der Waals surface area contributed by atoms with Crippen LogP contribution in [0.2, 0.25) is 0 Å². The molecule has 5 nitrogen and oxygen atoms in total. The maximum Gasteiger partial charge on any atom is 0.387 e. The molecule has 1 aliphatic rings. The molecule has 0 aliphatic heterocycles. The summed E-state index contributed by atoms with van der Waals surface area (Å²) in [6.45, 7) is -1.33. The molecule has 25 heavy (non-hydrogen) atoms. The van der Waals surface area contributed by atoms with E-state index in [1.54, 1.807) is 6.92 Å². The lowest BCUT2D eigenvalue weighted by atomic mass is 10.0. The van der Waals surface area contributed by atoms with E-state index >= 15 is 0 Å². The summed E-state index contributed by atoms with van der Waals surface area (Å²) in [7, 11) is 0. The van der Waals surface area contributed by atoms with E-state index in [-0.39, 0.29) is 38.5 Å². The van der Waals surface area contributed by atoms with Crippen LogP contribution in [-0.2, 0) is 9.53 Å². The number of hydrogen-bond donors (Lipinski definition) is 1. The fraction of sp³-hybridized carbons (Fsp3) is 0.375. The molecule has 0 unspecified atom stereocenters. The van der Waals surface area contributed by atoms with E-state index in [2.05, 4.69) is 41.9 Å². The van der Waals surface area contributed by atoms with E-state index in [1.165, 1.54) is 18.3 Å². The first-order chi connectivity index (χ1) is 11.8. The molecule has 0 atom stereocenters. The van der Waals surface area contributed by atoms with Crippen LogP contribution in [0, 0.1) is 0 Å². The van der Waals surface area contributed by atoms with Crippen molar-refractivity contribution < 1.29 is 27.8 Å². The van der Waals surface area contributed by atoms with Crippen molar-refractivity contribution in [2.45, 2.75) is 32.4 Å². The van der Waals surface area contributed by atoms with Crippen LogP contribution in [0.5, 0.6) is 5.75 Å². The van der Waals surface area contributed by atoms with Gasteiger partial charge in [-0.3, -0.25) is 4.79 Å². The molecule has 2 rings (SSSR count). The number of ketones is 1. The lowest BCUT2D eigenvalue weighted by Crippen LogP contribution is -2.21. The van der Waals surface area contributed by atoms with Gasteiger partial charge in [-0.05, 0) is 63.8 Å². The molecule has 0 radical (unpaired) electrons. The monoisotopic (exact) mass is 481 g/mol. The first-order valence-electron chi connectivity index (χ1n) is 7.46. The molecule has 1 aromatic carbocycles. The lowest BCUT2D eigenvalue weighted by Gasteiger charge is -2.13. The maximum atomic E-state index is 12.8. The smallest absolute Gasteiger partial charge is 0.387 e. The maximum absolute atomic E-state index is 12.8. The normalized spacial score (nSPS) is 14.4. The van der Waals surface area contributed by atoms with E-state index < -0.39 is 18.4 Å². The van der Waals surface area contributed by atoms with Gasteiger partial charge in [-0.1, -0.05) is 0 Å². The summed E-state index contributed by atoms with van der Waals surface area (Å²) >= 11 is 6.19. The minimum atomic E-state index is -3.06. The van der Waals surface area contributed by atoms with Crippen molar-refractivity contribution in [2.75, 3.05) is 6.61 Å². The molecule has 0 amide bonds. The van der Waals surface area contributed by atoms with Crippen molar-refractivity contribution in [2.24, 2.45) is 0 Å². The number of Topliss-reactive ketones (excluding diaryl/α,β-unsaturated/α-hetero) is 1. The van der Waals surface area contributed by atoms with Crippen molar-refractivity contribution in [3.63, 3.8) is 0 Å². The summed E-state index contributed by atoms with van der Waals surface area (Å²) < 4.78 is 34.8. The molecule has 136 valence electrons. The molecule has 1 aliphatic carbocycles. The molecule has 1 saturated carbocycles. The summed E-state index contributed by atoms with van der Waals surface area (Å²) in [5.41, 5.74) is -0.199. The topological polar surface area (TPSA) is 64.6 Å². The minimum Gasteiger partial charge on any atom is -0.462 e. The van der Waals surface area contributed by atoms with E-state index in [0.29, 0.717) is 0 Å². The first kappa shape index (κ1) is 19.8. The van der Waals surface area contributed by atoms with Gasteiger partial charge in [0.2, 0.25) is 5.78 Å². The van der Waals surface area contributed by atoms with Crippen molar-refractivity contribution >= 4 is 43.6 Å². The summed E-state index contributed by atoms with van der Waals surface area (Å²) in [6.07, 6.45) is 3.23. The molecular formula is C16H15Br2F2NO4. The van der Waals surface area contributed by atoms with Crippen LogP contribution in [0.25, 0.3) is 0 Å². The fourth-order valence-corrected chi connectivity index (χ4v) is 3.24. The summed E-state index contributed by atoms with van der Waals surface area (Å²) in [5, 5.41) is 2.96. The second-order valence-electron chi connectivity index (χ2n) is 5.17. The quantitative estimate of drug-likeness (QED) is 0.198. The molecule has 0 bridgehead atoms. The molecule has 0 saturated heterocycles. The Bertz CT molecular complexity index is 706. The molecule has 1 fully saturated rings. The summed E-state index contributed by atoms with van der Waals surface area (Å²) in [6, 6.07) is 3.02. The Morgan fingerprint density at radius 2 is 2.04 bits per heavy atom. The Morgan fingerprint density at radius 3 is 2.60 bits per heavy atom. The number of carbonyl (C=O) groups is 2. The zero-order chi connectivity index (χ0) is 18.6. The second-order valence-corrected chi connectivity index (χ2v) is 6.81. The highest BCUT2D eigenvalue weighted by atomic mass is 79.9. The Balaban J connectivity index is 2.37. The molecule has 1 N–H and O–H groups in total. The predicted octanol–water partition coefficient (Wildman–Crippen LogP) is 4.19. The van der Waals surface area contributed by atoms with Crippen molar-refractivity contribution in [3.8, 4) is 5.75 Å². The van der Waals surface area contributed by atoms with Gasteiger partial charge < -0.3 is 14.8 Å². The van der Waals surface area contributed by atoms with Gasteiger partial charge in [0.25, 0.3) is 0 Å². The van der Waals surface area contributed by atoms with Gasteiger partial charge in [-0.15, -0.1) is 0 Å². The molecule has 1 aromatic rings. The van der Waals surface area contributed by atoms with Crippen molar-refractivity contribution in [3.05, 3.63) is 38.4 Å². The average molecular weight is 483 g/mol. The van der Waals surface area contributed by atoms with E-state index in [4.69, 9.17) is 4.74 Å². The average Bonchev–Trinajstić information content (AvgIpc) is 3.36. The Hall–Kier alpha value is -1.48. The highest BCUT2D eigenvalue weighted by Crippen LogP contribution is 2.38. The number of halogens is 4. The molecule has 9 heteroatoms. The number of hydrogen-bond acceptors (Lipinski definition) is 5. The standard InChI is InChI=1S/C16H15Br2F2NO4/c1-2-24-15(23)10(7-21-8-3-4-8)13(22)9-5-6-11(17)14(12(9)18)25-16(19)20/h5-8,16,21H,2-4H2,1H3. The third-order valence-corrected chi connectivity index (χ3v) is 4.69. The summed E-state index contributed by atoms with van der Waals surface area (Å²) in [4.78, 5) is 24.9. The van der Waals surface area contributed by atoms with Crippen LogP contribution in [-0.4, -0.2) is 31.0 Å². The first-order valence-corrected chi connectivity index (χ1v) is 9.04. The van der Waals surface area contributed by atoms with Gasteiger partial charge in [0.1, 0.15) is 5.57 Å². The second kappa shape index (κ2) is 8.75. The molecule has 0 aromatic heterocycles. The van der Waals surface area contributed by atoms with Crippen molar-refractivity contribution in [1.29, 1.82) is 0 Å². The number of rotatable bonds is 8. The van der Waals surface area contributed by atoms with Gasteiger partial charge in [0.05, 0.1) is 15.6 Å². The SMILES string of the molecule is CCOC(=O)C(=CNC1CC1)C(=O)c1ccc(Br)c(OC(F)F)c1Br. The van der Waals surface area contributed by atoms with Crippen LogP contribution in [0.4, 0.5) is 8.78 Å². The minimum absolute atomic E-state index is 0.00995. The number of benzene rings is 1. The highest BCUT2D eigenvalue weighted by molar-refractivity contribution is 9.11. The van der Waals surface area contributed by atoms with Gasteiger partial charge in [-0.25, -0.2) is 4.79 Å². The van der Waals surface area contributed by atoms with Gasteiger partial charge in [0.15, 0.2) is 5.75 Å². The van der Waals surface area contributed by atoms with Gasteiger partial charge in [0, 0.05) is 17.8 Å².